The molecule has 184 valence electrons. The lowest BCUT2D eigenvalue weighted by atomic mass is 10.1. The van der Waals surface area contributed by atoms with Gasteiger partial charge in [0.25, 0.3) is 5.91 Å². The van der Waals surface area contributed by atoms with Crippen molar-refractivity contribution >= 4 is 35.8 Å². The molecule has 1 atom stereocenters. The summed E-state index contributed by atoms with van der Waals surface area (Å²) in [5, 5.41) is 3.49. The average molecular weight is 571 g/mol. The number of carbonyl (C=O) groups is 1. The molecule has 0 aromatic heterocycles. The number of piperazine rings is 2. The molecule has 0 radical (unpaired) electrons. The first-order valence-corrected chi connectivity index (χ1v) is 12.0. The van der Waals surface area contributed by atoms with Crippen LogP contribution in [0, 0.1) is 0 Å². The van der Waals surface area contributed by atoms with Gasteiger partial charge in [-0.2, -0.15) is 0 Å². The average Bonchev–Trinajstić information content (AvgIpc) is 3.37. The SMILES string of the molecule is CN=C(NCc1ccc(CN2CCN(C)CC2)cc1)N1CCN(C(=O)C2CCCO2)CC1.I. The first-order chi connectivity index (χ1) is 15.6. The van der Waals surface area contributed by atoms with Gasteiger partial charge in [0, 0.05) is 79.1 Å². The summed E-state index contributed by atoms with van der Waals surface area (Å²) >= 11 is 0. The number of guanidine groups is 1. The van der Waals surface area contributed by atoms with Crippen molar-refractivity contribution < 1.29 is 9.53 Å². The Hall–Kier alpha value is -1.43. The Balaban J connectivity index is 0.00000306. The number of ether oxygens (including phenoxy) is 1. The van der Waals surface area contributed by atoms with Gasteiger partial charge < -0.3 is 24.8 Å². The molecule has 0 saturated carbocycles. The molecule has 3 aliphatic rings. The monoisotopic (exact) mass is 570 g/mol. The lowest BCUT2D eigenvalue weighted by Crippen LogP contribution is -2.55. The maximum Gasteiger partial charge on any atom is 0.251 e. The second-order valence-electron chi connectivity index (χ2n) is 9.11. The van der Waals surface area contributed by atoms with Crippen LogP contribution in [-0.4, -0.2) is 111 Å². The van der Waals surface area contributed by atoms with Crippen LogP contribution in [0.1, 0.15) is 24.0 Å². The van der Waals surface area contributed by atoms with Gasteiger partial charge in [-0.1, -0.05) is 24.3 Å². The molecule has 3 aliphatic heterocycles. The van der Waals surface area contributed by atoms with Crippen molar-refractivity contribution in [1.82, 2.24) is 24.9 Å². The minimum absolute atomic E-state index is 0. The molecule has 3 fully saturated rings. The smallest absolute Gasteiger partial charge is 0.251 e. The zero-order valence-electron chi connectivity index (χ0n) is 20.0. The highest BCUT2D eigenvalue weighted by molar-refractivity contribution is 14.0. The van der Waals surface area contributed by atoms with Gasteiger partial charge in [-0.05, 0) is 31.0 Å². The molecule has 0 aliphatic carbocycles. The largest absolute Gasteiger partial charge is 0.368 e. The molecule has 3 heterocycles. The molecule has 1 unspecified atom stereocenters. The van der Waals surface area contributed by atoms with Crippen LogP contribution in [0.3, 0.4) is 0 Å². The zero-order chi connectivity index (χ0) is 22.3. The number of nitrogens with zero attached hydrogens (tertiary/aromatic N) is 5. The quantitative estimate of drug-likeness (QED) is 0.329. The van der Waals surface area contributed by atoms with Crippen molar-refractivity contribution in [1.29, 1.82) is 0 Å². The number of likely N-dealkylation sites (N-methyl/N-ethyl adjacent to an activating group) is 1. The number of halogens is 1. The summed E-state index contributed by atoms with van der Waals surface area (Å²) in [7, 11) is 4.02. The van der Waals surface area contributed by atoms with Gasteiger partial charge in [-0.15, -0.1) is 24.0 Å². The van der Waals surface area contributed by atoms with E-state index in [1.807, 2.05) is 11.9 Å². The number of nitrogens with one attached hydrogen (secondary N) is 1. The van der Waals surface area contributed by atoms with Gasteiger partial charge in [-0.25, -0.2) is 0 Å². The molecule has 0 bridgehead atoms. The Bertz CT molecular complexity index is 768. The van der Waals surface area contributed by atoms with E-state index in [0.717, 1.165) is 84.2 Å². The molecule has 0 spiro atoms. The molecule has 1 aromatic rings. The van der Waals surface area contributed by atoms with Gasteiger partial charge >= 0.3 is 0 Å². The van der Waals surface area contributed by atoms with Crippen LogP contribution in [0.2, 0.25) is 0 Å². The van der Waals surface area contributed by atoms with Crippen LogP contribution >= 0.6 is 24.0 Å². The van der Waals surface area contributed by atoms with E-state index >= 15 is 0 Å². The van der Waals surface area contributed by atoms with Gasteiger partial charge in [0.1, 0.15) is 6.10 Å². The summed E-state index contributed by atoms with van der Waals surface area (Å²) in [4.78, 5) is 26.1. The second-order valence-corrected chi connectivity index (χ2v) is 9.11. The van der Waals surface area contributed by atoms with E-state index in [0.29, 0.717) is 6.61 Å². The Labute approximate surface area is 215 Å². The van der Waals surface area contributed by atoms with E-state index in [1.54, 1.807) is 0 Å². The third-order valence-corrected chi connectivity index (χ3v) is 6.78. The van der Waals surface area contributed by atoms with Crippen LogP contribution in [-0.2, 0) is 22.6 Å². The van der Waals surface area contributed by atoms with E-state index in [9.17, 15) is 4.79 Å². The van der Waals surface area contributed by atoms with Crippen molar-refractivity contribution in [3.63, 3.8) is 0 Å². The summed E-state index contributed by atoms with van der Waals surface area (Å²) < 4.78 is 5.56. The lowest BCUT2D eigenvalue weighted by Gasteiger charge is -2.37. The highest BCUT2D eigenvalue weighted by atomic mass is 127. The van der Waals surface area contributed by atoms with Crippen LogP contribution in [0.25, 0.3) is 0 Å². The molecule has 33 heavy (non-hydrogen) atoms. The summed E-state index contributed by atoms with van der Waals surface area (Å²) in [6, 6.07) is 8.91. The van der Waals surface area contributed by atoms with Gasteiger partial charge in [0.15, 0.2) is 5.96 Å². The van der Waals surface area contributed by atoms with E-state index in [4.69, 9.17) is 4.74 Å². The lowest BCUT2D eigenvalue weighted by molar-refractivity contribution is -0.142. The minimum Gasteiger partial charge on any atom is -0.368 e. The van der Waals surface area contributed by atoms with Gasteiger partial charge in [0.05, 0.1) is 0 Å². The highest BCUT2D eigenvalue weighted by Crippen LogP contribution is 2.16. The van der Waals surface area contributed by atoms with Gasteiger partial charge in [-0.3, -0.25) is 14.7 Å². The fourth-order valence-corrected chi connectivity index (χ4v) is 4.65. The molecule has 1 N–H and O–H groups in total. The fourth-order valence-electron chi connectivity index (χ4n) is 4.65. The second kappa shape index (κ2) is 12.9. The molecular formula is C24H39IN6O2. The third-order valence-electron chi connectivity index (χ3n) is 6.78. The van der Waals surface area contributed by atoms with Crippen LogP contribution in [0.4, 0.5) is 0 Å². The van der Waals surface area contributed by atoms with E-state index in [2.05, 4.69) is 56.3 Å². The Kier molecular flexibility index (Phi) is 10.2. The maximum atomic E-state index is 12.6. The van der Waals surface area contributed by atoms with Crippen LogP contribution < -0.4 is 5.32 Å². The molecule has 8 nitrogen and oxygen atoms in total. The summed E-state index contributed by atoms with van der Waals surface area (Å²) in [6.07, 6.45) is 1.62. The van der Waals surface area contributed by atoms with Crippen molar-refractivity contribution in [2.45, 2.75) is 32.0 Å². The standard InChI is InChI=1S/C24H38N6O2.HI/c1-25-24(30-15-13-29(14-16-30)23(31)22-4-3-17-32-22)26-18-20-5-7-21(8-6-20)19-28-11-9-27(2)10-12-28;/h5-8,22H,3-4,9-19H2,1-2H3,(H,25,26);1H. The maximum absolute atomic E-state index is 12.6. The first-order valence-electron chi connectivity index (χ1n) is 12.0. The Morgan fingerprint density at radius 2 is 1.64 bits per heavy atom. The molecule has 3 saturated heterocycles. The number of carbonyl (C=O) groups excluding carboxylic acids is 1. The fraction of sp³-hybridized carbons (Fsp3) is 0.667. The minimum atomic E-state index is -0.224. The predicted octanol–water partition coefficient (Wildman–Crippen LogP) is 1.45. The third kappa shape index (κ3) is 7.27. The van der Waals surface area contributed by atoms with E-state index in [1.165, 1.54) is 11.1 Å². The number of rotatable bonds is 5. The van der Waals surface area contributed by atoms with Crippen molar-refractivity contribution in [2.75, 3.05) is 73.1 Å². The molecule has 1 aromatic carbocycles. The summed E-state index contributed by atoms with van der Waals surface area (Å²) in [6.45, 7) is 10.1. The number of hydrogen-bond acceptors (Lipinski definition) is 5. The predicted molar refractivity (Wildman–Crippen MR) is 142 cm³/mol. The molecule has 4 rings (SSSR count). The number of benzene rings is 1. The van der Waals surface area contributed by atoms with Gasteiger partial charge in [0.2, 0.25) is 0 Å². The Morgan fingerprint density at radius 3 is 2.24 bits per heavy atom. The van der Waals surface area contributed by atoms with Crippen LogP contribution in [0.15, 0.2) is 29.3 Å². The van der Waals surface area contributed by atoms with Crippen molar-refractivity contribution in [3.8, 4) is 0 Å². The Morgan fingerprint density at radius 1 is 1.00 bits per heavy atom. The summed E-state index contributed by atoms with van der Waals surface area (Å²) in [5.41, 5.74) is 2.62. The van der Waals surface area contributed by atoms with E-state index in [-0.39, 0.29) is 36.0 Å². The highest BCUT2D eigenvalue weighted by Gasteiger charge is 2.30. The van der Waals surface area contributed by atoms with E-state index < -0.39 is 0 Å². The number of aliphatic imine (C=N–C) groups is 1. The summed E-state index contributed by atoms with van der Waals surface area (Å²) in [5.74, 6) is 1.05. The zero-order valence-corrected chi connectivity index (χ0v) is 22.4. The van der Waals surface area contributed by atoms with Crippen LogP contribution in [0.5, 0.6) is 0 Å². The first kappa shape index (κ1) is 26.2. The topological polar surface area (TPSA) is 63.7 Å². The molecule has 9 heteroatoms. The molecule has 1 amide bonds. The normalized spacial score (nSPS) is 22.8. The number of amides is 1. The number of hydrogen-bond donors (Lipinski definition) is 1. The van der Waals surface area contributed by atoms with Crippen molar-refractivity contribution in [2.24, 2.45) is 4.99 Å². The van der Waals surface area contributed by atoms with Crippen molar-refractivity contribution in [3.05, 3.63) is 35.4 Å². The molecular weight excluding hydrogens is 531 g/mol.